The van der Waals surface area contributed by atoms with E-state index in [2.05, 4.69) is 9.97 Å². The van der Waals surface area contributed by atoms with Gasteiger partial charge in [-0.25, -0.2) is 9.37 Å². The SMILES string of the molecule is Cc1cc(-c2c(C)sc(C(=O)N3CC[C@@H](C(=O)N4CCC(O)(Cn5cnc6c(ccn6C)c5=O)CC4)[C@H](c4ccccc4)C3)c2F)ccn1. The monoisotopic (exact) mass is 682 g/mol. The van der Waals surface area contributed by atoms with Crippen LogP contribution < -0.4 is 5.56 Å². The molecule has 2 fully saturated rings. The molecule has 2 atom stereocenters. The van der Waals surface area contributed by atoms with Crippen LogP contribution in [0.15, 0.2) is 72.0 Å². The minimum absolute atomic E-state index is 0.0129. The molecule has 12 heteroatoms. The number of nitrogens with zero attached hydrogens (tertiary/aromatic N) is 6. The predicted octanol–water partition coefficient (Wildman–Crippen LogP) is 4.91. The second kappa shape index (κ2) is 13.0. The molecule has 0 saturated carbocycles. The lowest BCUT2D eigenvalue weighted by Crippen LogP contribution is -2.53. The zero-order chi connectivity index (χ0) is 34.4. The summed E-state index contributed by atoms with van der Waals surface area (Å²) in [5.41, 5.74) is 2.07. The van der Waals surface area contributed by atoms with Gasteiger partial charge >= 0.3 is 0 Å². The number of halogens is 1. The largest absolute Gasteiger partial charge is 0.388 e. The average Bonchev–Trinajstić information content (AvgIpc) is 3.63. The Kier molecular flexibility index (Phi) is 8.70. The van der Waals surface area contributed by atoms with Gasteiger partial charge in [0.1, 0.15) is 16.9 Å². The molecule has 1 N–H and O–H groups in total. The normalized spacial score (nSPS) is 19.4. The van der Waals surface area contributed by atoms with Crippen molar-refractivity contribution in [2.45, 2.75) is 51.2 Å². The van der Waals surface area contributed by atoms with Crippen LogP contribution in [0.2, 0.25) is 0 Å². The summed E-state index contributed by atoms with van der Waals surface area (Å²) in [6.45, 7) is 5.08. The first-order valence-corrected chi connectivity index (χ1v) is 17.4. The molecule has 1 aromatic carbocycles. The van der Waals surface area contributed by atoms with Gasteiger partial charge in [-0.15, -0.1) is 11.3 Å². The van der Waals surface area contributed by atoms with Gasteiger partial charge in [-0.1, -0.05) is 30.3 Å². The first-order valence-electron chi connectivity index (χ1n) is 16.6. The maximum atomic E-state index is 15.9. The van der Waals surface area contributed by atoms with Gasteiger partial charge in [0, 0.05) is 73.6 Å². The van der Waals surface area contributed by atoms with Gasteiger partial charge in [0.25, 0.3) is 11.5 Å². The lowest BCUT2D eigenvalue weighted by Gasteiger charge is -2.43. The molecule has 49 heavy (non-hydrogen) atoms. The summed E-state index contributed by atoms with van der Waals surface area (Å²) in [5, 5.41) is 12.0. The summed E-state index contributed by atoms with van der Waals surface area (Å²) in [6.07, 6.45) is 5.98. The van der Waals surface area contributed by atoms with Gasteiger partial charge in [-0.3, -0.25) is 23.9 Å². The van der Waals surface area contributed by atoms with E-state index in [1.165, 1.54) is 10.9 Å². The molecule has 2 amide bonds. The third kappa shape index (κ3) is 6.19. The van der Waals surface area contributed by atoms with Crippen molar-refractivity contribution in [3.05, 3.63) is 104 Å². The minimum Gasteiger partial charge on any atom is -0.388 e. The quantitative estimate of drug-likeness (QED) is 0.272. The van der Waals surface area contributed by atoms with Crippen LogP contribution in [0, 0.1) is 25.6 Å². The van der Waals surface area contributed by atoms with E-state index in [0.717, 1.165) is 27.5 Å². The highest BCUT2D eigenvalue weighted by Gasteiger charge is 2.42. The van der Waals surface area contributed by atoms with E-state index >= 15 is 4.39 Å². The number of pyridine rings is 1. The third-order valence-corrected chi connectivity index (χ3v) is 11.2. The molecule has 2 saturated heterocycles. The van der Waals surface area contributed by atoms with Gasteiger partial charge in [-0.2, -0.15) is 0 Å². The van der Waals surface area contributed by atoms with E-state index in [4.69, 9.17) is 0 Å². The molecule has 0 spiro atoms. The third-order valence-electron chi connectivity index (χ3n) is 10.2. The number of likely N-dealkylation sites (tertiary alicyclic amines) is 2. The Labute approximate surface area is 287 Å². The number of amides is 2. The van der Waals surface area contributed by atoms with E-state index in [-0.39, 0.29) is 47.2 Å². The first-order chi connectivity index (χ1) is 23.5. The second-order valence-electron chi connectivity index (χ2n) is 13.4. The molecule has 10 nitrogen and oxygen atoms in total. The van der Waals surface area contributed by atoms with E-state index < -0.39 is 11.4 Å². The molecule has 7 rings (SSSR count). The molecule has 254 valence electrons. The Morgan fingerprint density at radius 1 is 1.04 bits per heavy atom. The molecule has 2 aliphatic heterocycles. The highest BCUT2D eigenvalue weighted by molar-refractivity contribution is 7.14. The van der Waals surface area contributed by atoms with Crippen LogP contribution in [0.3, 0.4) is 0 Å². The fraction of sp³-hybridized carbons (Fsp3) is 0.378. The fourth-order valence-corrected chi connectivity index (χ4v) is 8.47. The zero-order valence-corrected chi connectivity index (χ0v) is 28.6. The van der Waals surface area contributed by atoms with Gasteiger partial charge in [0.2, 0.25) is 5.91 Å². The fourth-order valence-electron chi connectivity index (χ4n) is 7.45. The highest BCUT2D eigenvalue weighted by atomic mass is 32.1. The van der Waals surface area contributed by atoms with E-state index in [1.807, 2.05) is 57.3 Å². The van der Waals surface area contributed by atoms with Crippen molar-refractivity contribution in [1.82, 2.24) is 28.9 Å². The smallest absolute Gasteiger partial charge is 0.266 e. The van der Waals surface area contributed by atoms with Crippen LogP contribution in [0.25, 0.3) is 22.2 Å². The average molecular weight is 683 g/mol. The van der Waals surface area contributed by atoms with Crippen molar-refractivity contribution in [3.63, 3.8) is 0 Å². The second-order valence-corrected chi connectivity index (χ2v) is 14.6. The molecule has 0 radical (unpaired) electrons. The van der Waals surface area contributed by atoms with E-state index in [0.29, 0.717) is 61.1 Å². The maximum absolute atomic E-state index is 15.9. The van der Waals surface area contributed by atoms with Crippen molar-refractivity contribution in [3.8, 4) is 11.1 Å². The van der Waals surface area contributed by atoms with Crippen LogP contribution >= 0.6 is 11.3 Å². The lowest BCUT2D eigenvalue weighted by atomic mass is 9.79. The van der Waals surface area contributed by atoms with Gasteiger partial charge in [0.15, 0.2) is 5.82 Å². The summed E-state index contributed by atoms with van der Waals surface area (Å²) in [4.78, 5) is 54.0. The summed E-state index contributed by atoms with van der Waals surface area (Å²) in [7, 11) is 1.83. The highest BCUT2D eigenvalue weighted by Crippen LogP contribution is 2.39. The molecule has 0 bridgehead atoms. The van der Waals surface area contributed by atoms with Crippen molar-refractivity contribution in [2.75, 3.05) is 26.2 Å². The van der Waals surface area contributed by atoms with E-state index in [9.17, 15) is 19.5 Å². The number of fused-ring (bicyclic) bond motifs is 1. The number of thiophene rings is 1. The van der Waals surface area contributed by atoms with Crippen molar-refractivity contribution in [1.29, 1.82) is 0 Å². The summed E-state index contributed by atoms with van der Waals surface area (Å²) < 4.78 is 19.2. The van der Waals surface area contributed by atoms with E-state index in [1.54, 1.807) is 38.9 Å². The van der Waals surface area contributed by atoms with Gasteiger partial charge in [0.05, 0.1) is 17.5 Å². The number of benzene rings is 1. The number of rotatable bonds is 6. The van der Waals surface area contributed by atoms with Crippen molar-refractivity contribution < 1.29 is 19.1 Å². The van der Waals surface area contributed by atoms with Crippen LogP contribution in [-0.4, -0.2) is 77.6 Å². The van der Waals surface area contributed by atoms with Crippen molar-refractivity contribution >= 4 is 34.2 Å². The molecule has 6 heterocycles. The number of aromatic nitrogens is 4. The van der Waals surface area contributed by atoms with Crippen LogP contribution in [0.4, 0.5) is 4.39 Å². The van der Waals surface area contributed by atoms with Crippen LogP contribution in [0.1, 0.15) is 51.0 Å². The zero-order valence-electron chi connectivity index (χ0n) is 27.8. The Morgan fingerprint density at radius 3 is 2.53 bits per heavy atom. The summed E-state index contributed by atoms with van der Waals surface area (Å²) in [5.74, 6) is -1.55. The number of hydrogen-bond donors (Lipinski definition) is 1. The van der Waals surface area contributed by atoms with Gasteiger partial charge in [-0.05, 0) is 62.4 Å². The Balaban J connectivity index is 1.07. The standard InChI is InChI=1S/C37H39FN6O4S/c1-23-19-26(9-14-39-23)30-24(2)49-32(31(30)38)36(47)43-16-11-27(29(20-43)25-7-5-4-6-8-25)34(45)42-17-12-37(48,13-18-42)21-44-22-40-33-28(35(44)46)10-15-41(33)3/h4-10,14-15,19,22,27,29,48H,11-13,16-18,20-21H2,1-3H3/t27-,29+/m1/s1. The summed E-state index contributed by atoms with van der Waals surface area (Å²) >= 11 is 1.16. The summed E-state index contributed by atoms with van der Waals surface area (Å²) in [6, 6.07) is 15.0. The molecular formula is C37H39FN6O4S. The number of hydrogen-bond acceptors (Lipinski definition) is 7. The topological polar surface area (TPSA) is 114 Å². The lowest BCUT2D eigenvalue weighted by molar-refractivity contribution is -0.142. The Bertz CT molecular complexity index is 2100. The molecule has 4 aromatic heterocycles. The minimum atomic E-state index is -1.16. The number of carbonyl (C=O) groups is 2. The van der Waals surface area contributed by atoms with Gasteiger partial charge < -0.3 is 19.5 Å². The number of aryl methyl sites for hydroxylation is 3. The molecule has 0 aliphatic carbocycles. The molecule has 5 aromatic rings. The predicted molar refractivity (Wildman–Crippen MR) is 186 cm³/mol. The Morgan fingerprint density at radius 2 is 1.80 bits per heavy atom. The molecule has 0 unspecified atom stereocenters. The number of piperidine rings is 2. The van der Waals surface area contributed by atoms with Crippen molar-refractivity contribution in [2.24, 2.45) is 13.0 Å². The Hall–Kier alpha value is -4.68. The molecule has 2 aliphatic rings. The molecular weight excluding hydrogens is 644 g/mol. The number of aliphatic hydroxyl groups is 1. The first kappa shape index (κ1) is 32.8. The maximum Gasteiger partial charge on any atom is 0.266 e. The number of carbonyl (C=O) groups excluding carboxylic acids is 2. The van der Waals surface area contributed by atoms with Crippen LogP contribution in [-0.2, 0) is 18.4 Å². The van der Waals surface area contributed by atoms with Crippen LogP contribution in [0.5, 0.6) is 0 Å².